The average molecular weight is 524 g/mol. The van der Waals surface area contributed by atoms with E-state index in [-0.39, 0.29) is 43.8 Å². The van der Waals surface area contributed by atoms with E-state index < -0.39 is 16.1 Å². The molecule has 0 radical (unpaired) electrons. The number of halogens is 1. The molecule has 0 heterocycles. The van der Waals surface area contributed by atoms with Crippen molar-refractivity contribution in [3.8, 4) is 5.75 Å². The van der Waals surface area contributed by atoms with E-state index in [1.165, 1.54) is 9.21 Å². The van der Waals surface area contributed by atoms with Gasteiger partial charge in [-0.05, 0) is 69.2 Å². The molecule has 2 aromatic rings. The number of nitrogens with zero attached hydrogens (tertiary/aromatic N) is 2. The maximum atomic E-state index is 13.3. The number of benzene rings is 2. The topological polar surface area (TPSA) is 96.0 Å². The Kier molecular flexibility index (Phi) is 10.4. The standard InChI is InChI=1S/C25H34ClN3O5S/c1-18(2)27-25(31)19(3)28(17-20-8-14-23(34-4)15-9-20)24(30)7-6-16-29(35(5,32)33)22-12-10-21(26)11-13-22/h8-15,18-19H,6-7,16-17H2,1-5H3,(H,27,31)/t19-/m0/s1. The Morgan fingerprint density at radius 2 is 1.63 bits per heavy atom. The molecule has 0 fully saturated rings. The minimum Gasteiger partial charge on any atom is -0.497 e. The van der Waals surface area contributed by atoms with E-state index in [2.05, 4.69) is 5.32 Å². The zero-order chi connectivity index (χ0) is 26.2. The van der Waals surface area contributed by atoms with Gasteiger partial charge in [-0.25, -0.2) is 8.42 Å². The van der Waals surface area contributed by atoms with Crippen LogP contribution in [0.5, 0.6) is 5.75 Å². The molecular weight excluding hydrogens is 490 g/mol. The molecule has 0 spiro atoms. The van der Waals surface area contributed by atoms with Gasteiger partial charge in [-0.2, -0.15) is 0 Å². The van der Waals surface area contributed by atoms with Crippen LogP contribution in [-0.4, -0.2) is 57.1 Å². The summed E-state index contributed by atoms with van der Waals surface area (Å²) in [6.07, 6.45) is 1.49. The van der Waals surface area contributed by atoms with E-state index in [0.29, 0.717) is 16.5 Å². The van der Waals surface area contributed by atoms with Gasteiger partial charge in [0.2, 0.25) is 21.8 Å². The molecule has 2 rings (SSSR count). The van der Waals surface area contributed by atoms with E-state index in [1.54, 1.807) is 50.4 Å². The number of rotatable bonds is 12. The Labute approximate surface area is 213 Å². The highest BCUT2D eigenvalue weighted by atomic mass is 35.5. The van der Waals surface area contributed by atoms with Crippen molar-refractivity contribution in [1.82, 2.24) is 10.2 Å². The maximum Gasteiger partial charge on any atom is 0.242 e. The van der Waals surface area contributed by atoms with Gasteiger partial charge in [0.15, 0.2) is 0 Å². The Bertz CT molecular complexity index is 1090. The molecule has 0 unspecified atom stereocenters. The normalized spacial score (nSPS) is 12.2. The molecular formula is C25H34ClN3O5S. The van der Waals surface area contributed by atoms with Gasteiger partial charge in [-0.15, -0.1) is 0 Å². The van der Waals surface area contributed by atoms with Crippen LogP contribution in [0.1, 0.15) is 39.2 Å². The van der Waals surface area contributed by atoms with Gasteiger partial charge in [0.1, 0.15) is 11.8 Å². The van der Waals surface area contributed by atoms with Crippen LogP contribution < -0.4 is 14.4 Å². The molecule has 0 saturated carbocycles. The van der Waals surface area contributed by atoms with Crippen LogP contribution in [-0.2, 0) is 26.2 Å². The highest BCUT2D eigenvalue weighted by Gasteiger charge is 2.27. The summed E-state index contributed by atoms with van der Waals surface area (Å²) >= 11 is 5.92. The predicted molar refractivity (Wildman–Crippen MR) is 139 cm³/mol. The Morgan fingerprint density at radius 1 is 1.03 bits per heavy atom. The number of anilines is 1. The monoisotopic (exact) mass is 523 g/mol. The smallest absolute Gasteiger partial charge is 0.242 e. The minimum absolute atomic E-state index is 0.0643. The fraction of sp³-hybridized carbons (Fsp3) is 0.440. The number of carbonyl (C=O) groups is 2. The largest absolute Gasteiger partial charge is 0.497 e. The summed E-state index contributed by atoms with van der Waals surface area (Å²) in [5, 5.41) is 3.35. The third kappa shape index (κ3) is 8.74. The van der Waals surface area contributed by atoms with Gasteiger partial charge in [0.05, 0.1) is 19.1 Å². The summed E-state index contributed by atoms with van der Waals surface area (Å²) in [5.41, 5.74) is 1.33. The second-order valence-electron chi connectivity index (χ2n) is 8.62. The van der Waals surface area contributed by atoms with Crippen LogP contribution in [0.15, 0.2) is 48.5 Å². The van der Waals surface area contributed by atoms with Gasteiger partial charge in [-0.1, -0.05) is 23.7 Å². The van der Waals surface area contributed by atoms with Gasteiger partial charge in [0, 0.05) is 30.6 Å². The molecule has 2 aromatic carbocycles. The second-order valence-corrected chi connectivity index (χ2v) is 11.0. The van der Waals surface area contributed by atoms with E-state index >= 15 is 0 Å². The molecule has 1 N–H and O–H groups in total. The fourth-order valence-corrected chi connectivity index (χ4v) is 4.62. The molecule has 1 atom stereocenters. The van der Waals surface area contributed by atoms with Crippen molar-refractivity contribution in [2.45, 2.75) is 52.2 Å². The molecule has 0 aliphatic heterocycles. The van der Waals surface area contributed by atoms with Crippen molar-refractivity contribution in [3.63, 3.8) is 0 Å². The van der Waals surface area contributed by atoms with E-state index in [0.717, 1.165) is 11.8 Å². The summed E-state index contributed by atoms with van der Waals surface area (Å²) in [6.45, 7) is 5.76. The summed E-state index contributed by atoms with van der Waals surface area (Å²) in [4.78, 5) is 27.5. The molecule has 35 heavy (non-hydrogen) atoms. The summed E-state index contributed by atoms with van der Waals surface area (Å²) in [5.74, 6) is 0.206. The average Bonchev–Trinajstić information content (AvgIpc) is 2.79. The molecule has 192 valence electrons. The Balaban J connectivity index is 2.16. The van der Waals surface area contributed by atoms with Gasteiger partial charge < -0.3 is 15.0 Å². The predicted octanol–water partition coefficient (Wildman–Crippen LogP) is 3.84. The summed E-state index contributed by atoms with van der Waals surface area (Å²) in [7, 11) is -1.98. The number of ether oxygens (including phenoxy) is 1. The SMILES string of the molecule is COc1ccc(CN(C(=O)CCCN(c2ccc(Cl)cc2)S(C)(=O)=O)[C@@H](C)C(=O)NC(C)C)cc1. The first-order valence-electron chi connectivity index (χ1n) is 11.4. The number of carbonyl (C=O) groups excluding carboxylic acids is 2. The highest BCUT2D eigenvalue weighted by Crippen LogP contribution is 2.22. The molecule has 0 aliphatic rings. The molecule has 0 aromatic heterocycles. The number of sulfonamides is 1. The quantitative estimate of drug-likeness (QED) is 0.456. The number of nitrogens with one attached hydrogen (secondary N) is 1. The number of hydrogen-bond acceptors (Lipinski definition) is 5. The number of amides is 2. The molecule has 0 aliphatic carbocycles. The van der Waals surface area contributed by atoms with Gasteiger partial charge in [-0.3, -0.25) is 13.9 Å². The summed E-state index contributed by atoms with van der Waals surface area (Å²) in [6, 6.07) is 13.0. The van der Waals surface area contributed by atoms with E-state index in [9.17, 15) is 18.0 Å². The number of hydrogen-bond donors (Lipinski definition) is 1. The van der Waals surface area contributed by atoms with Gasteiger partial charge >= 0.3 is 0 Å². The Morgan fingerprint density at radius 3 is 2.14 bits per heavy atom. The summed E-state index contributed by atoms with van der Waals surface area (Å²) < 4.78 is 31.1. The minimum atomic E-state index is -3.56. The van der Waals surface area contributed by atoms with Crippen molar-refractivity contribution in [2.75, 3.05) is 24.2 Å². The maximum absolute atomic E-state index is 13.3. The van der Waals surface area contributed by atoms with Crippen LogP contribution in [0.25, 0.3) is 0 Å². The second kappa shape index (κ2) is 12.8. The van der Waals surface area contributed by atoms with Crippen molar-refractivity contribution >= 4 is 39.1 Å². The van der Waals surface area contributed by atoms with Crippen LogP contribution in [0.2, 0.25) is 5.02 Å². The lowest BCUT2D eigenvalue weighted by molar-refractivity contribution is -0.140. The van der Waals surface area contributed by atoms with Crippen molar-refractivity contribution < 1.29 is 22.7 Å². The van der Waals surface area contributed by atoms with Crippen molar-refractivity contribution in [1.29, 1.82) is 0 Å². The molecule has 0 bridgehead atoms. The third-order valence-electron chi connectivity index (χ3n) is 5.38. The first-order chi connectivity index (χ1) is 16.4. The van der Waals surface area contributed by atoms with E-state index in [1.807, 2.05) is 26.0 Å². The van der Waals surface area contributed by atoms with Crippen molar-refractivity contribution in [3.05, 3.63) is 59.1 Å². The van der Waals surface area contributed by atoms with Crippen LogP contribution in [0.3, 0.4) is 0 Å². The first kappa shape index (κ1) is 28.5. The fourth-order valence-electron chi connectivity index (χ4n) is 3.53. The zero-order valence-electron chi connectivity index (χ0n) is 20.8. The van der Waals surface area contributed by atoms with Crippen LogP contribution >= 0.6 is 11.6 Å². The molecule has 10 heteroatoms. The molecule has 0 saturated heterocycles. The lowest BCUT2D eigenvalue weighted by Gasteiger charge is -2.30. The van der Waals surface area contributed by atoms with E-state index in [4.69, 9.17) is 16.3 Å². The molecule has 8 nitrogen and oxygen atoms in total. The lowest BCUT2D eigenvalue weighted by atomic mass is 10.1. The first-order valence-corrected chi connectivity index (χ1v) is 13.6. The highest BCUT2D eigenvalue weighted by molar-refractivity contribution is 7.92. The third-order valence-corrected chi connectivity index (χ3v) is 6.82. The number of methoxy groups -OCH3 is 1. The Hall–Kier alpha value is -2.78. The lowest BCUT2D eigenvalue weighted by Crippen LogP contribution is -2.49. The van der Waals surface area contributed by atoms with Crippen LogP contribution in [0.4, 0.5) is 5.69 Å². The zero-order valence-corrected chi connectivity index (χ0v) is 22.4. The van der Waals surface area contributed by atoms with Crippen LogP contribution in [0, 0.1) is 0 Å². The molecule has 2 amide bonds. The van der Waals surface area contributed by atoms with Gasteiger partial charge in [0.25, 0.3) is 0 Å². The van der Waals surface area contributed by atoms with Crippen molar-refractivity contribution in [2.24, 2.45) is 0 Å².